The molecule has 0 radical (unpaired) electrons. The first-order chi connectivity index (χ1) is 9.15. The van der Waals surface area contributed by atoms with Gasteiger partial charge in [0.15, 0.2) is 6.61 Å². The van der Waals surface area contributed by atoms with Crippen LogP contribution in [-0.2, 0) is 4.79 Å². The average molecular weight is 281 g/mol. The van der Waals surface area contributed by atoms with E-state index in [9.17, 15) is 9.18 Å². The second kappa shape index (κ2) is 6.15. The van der Waals surface area contributed by atoms with Crippen LogP contribution in [0.5, 0.6) is 5.75 Å². The number of benzene rings is 1. The van der Waals surface area contributed by atoms with Crippen LogP contribution in [0.15, 0.2) is 42.6 Å². The largest absolute Gasteiger partial charge is 0.482 e. The molecule has 1 aromatic carbocycles. The van der Waals surface area contributed by atoms with Crippen LogP contribution in [0.3, 0.4) is 0 Å². The fourth-order valence-electron chi connectivity index (χ4n) is 1.33. The van der Waals surface area contributed by atoms with Gasteiger partial charge in [0.2, 0.25) is 0 Å². The highest BCUT2D eigenvalue weighted by Gasteiger charge is 2.06. The summed E-state index contributed by atoms with van der Waals surface area (Å²) in [6.07, 6.45) is 1.02. The van der Waals surface area contributed by atoms with E-state index in [1.165, 1.54) is 12.1 Å². The van der Waals surface area contributed by atoms with Crippen LogP contribution >= 0.6 is 11.6 Å². The highest BCUT2D eigenvalue weighted by molar-refractivity contribution is 6.32. The van der Waals surface area contributed by atoms with Crippen LogP contribution < -0.4 is 10.1 Å². The van der Waals surface area contributed by atoms with Crippen molar-refractivity contribution >= 4 is 23.3 Å². The first-order valence-corrected chi connectivity index (χ1v) is 5.81. The molecular weight excluding hydrogens is 271 g/mol. The zero-order chi connectivity index (χ0) is 13.7. The van der Waals surface area contributed by atoms with Crippen LogP contribution in [-0.4, -0.2) is 17.5 Å². The number of aromatic nitrogens is 1. The monoisotopic (exact) mass is 280 g/mol. The number of hydrogen-bond acceptors (Lipinski definition) is 3. The van der Waals surface area contributed by atoms with Gasteiger partial charge < -0.3 is 10.1 Å². The maximum Gasteiger partial charge on any atom is 0.263 e. The number of anilines is 1. The fourth-order valence-corrected chi connectivity index (χ4v) is 1.52. The lowest BCUT2D eigenvalue weighted by Crippen LogP contribution is -2.20. The van der Waals surface area contributed by atoms with Crippen molar-refractivity contribution in [1.82, 2.24) is 4.98 Å². The summed E-state index contributed by atoms with van der Waals surface area (Å²) in [4.78, 5) is 15.3. The molecule has 0 aliphatic carbocycles. The Morgan fingerprint density at radius 2 is 2.11 bits per heavy atom. The normalized spacial score (nSPS) is 10.0. The third-order valence-electron chi connectivity index (χ3n) is 2.19. The number of hydrogen-bond donors (Lipinski definition) is 1. The SMILES string of the molecule is O=C(COc1ccccc1Cl)Nc1ccc(F)cn1. The van der Waals surface area contributed by atoms with Crippen molar-refractivity contribution in [3.63, 3.8) is 0 Å². The number of carbonyl (C=O) groups is 1. The van der Waals surface area contributed by atoms with Crippen molar-refractivity contribution in [2.24, 2.45) is 0 Å². The lowest BCUT2D eigenvalue weighted by molar-refractivity contribution is -0.118. The minimum absolute atomic E-state index is 0.206. The minimum atomic E-state index is -0.467. The lowest BCUT2D eigenvalue weighted by Gasteiger charge is -2.07. The molecule has 1 heterocycles. The maximum atomic E-state index is 12.6. The molecular formula is C13H10ClFN2O2. The van der Waals surface area contributed by atoms with E-state index in [0.717, 1.165) is 6.20 Å². The quantitative estimate of drug-likeness (QED) is 0.937. The van der Waals surface area contributed by atoms with E-state index in [1.54, 1.807) is 24.3 Å². The highest BCUT2D eigenvalue weighted by Crippen LogP contribution is 2.22. The number of amides is 1. The van der Waals surface area contributed by atoms with Gasteiger partial charge in [-0.1, -0.05) is 23.7 Å². The molecule has 0 saturated carbocycles. The number of nitrogens with one attached hydrogen (secondary N) is 1. The van der Waals surface area contributed by atoms with Gasteiger partial charge in [0.05, 0.1) is 11.2 Å². The summed E-state index contributed by atoms with van der Waals surface area (Å²) >= 11 is 5.87. The Hall–Kier alpha value is -2.14. The molecule has 0 aliphatic rings. The number of para-hydroxylation sites is 1. The predicted molar refractivity (Wildman–Crippen MR) is 69.8 cm³/mol. The van der Waals surface area contributed by atoms with E-state index in [2.05, 4.69) is 10.3 Å². The molecule has 98 valence electrons. The molecule has 0 spiro atoms. The van der Waals surface area contributed by atoms with Crippen molar-refractivity contribution in [2.75, 3.05) is 11.9 Å². The second-order valence-corrected chi connectivity index (χ2v) is 4.04. The Bertz CT molecular complexity index is 575. The number of halogens is 2. The molecule has 0 atom stereocenters. The predicted octanol–water partition coefficient (Wildman–Crippen LogP) is 2.89. The molecule has 2 rings (SSSR count). The van der Waals surface area contributed by atoms with Crippen molar-refractivity contribution in [3.8, 4) is 5.75 Å². The van der Waals surface area contributed by atoms with E-state index >= 15 is 0 Å². The Morgan fingerprint density at radius 1 is 1.32 bits per heavy atom. The standard InChI is InChI=1S/C13H10ClFN2O2/c14-10-3-1-2-4-11(10)19-8-13(18)17-12-6-5-9(15)7-16-12/h1-7H,8H2,(H,16,17,18). The van der Waals surface area contributed by atoms with Gasteiger partial charge in [-0.3, -0.25) is 4.79 Å². The van der Waals surface area contributed by atoms with E-state index < -0.39 is 11.7 Å². The van der Waals surface area contributed by atoms with Crippen molar-refractivity contribution in [1.29, 1.82) is 0 Å². The summed E-state index contributed by atoms with van der Waals surface area (Å²) in [5.41, 5.74) is 0. The van der Waals surface area contributed by atoms with Gasteiger partial charge in [0.25, 0.3) is 5.91 Å². The first kappa shape index (κ1) is 13.3. The third-order valence-corrected chi connectivity index (χ3v) is 2.50. The number of rotatable bonds is 4. The maximum absolute atomic E-state index is 12.6. The topological polar surface area (TPSA) is 51.2 Å². The summed E-state index contributed by atoms with van der Waals surface area (Å²) in [6.45, 7) is -0.206. The van der Waals surface area contributed by atoms with Crippen LogP contribution in [0.2, 0.25) is 5.02 Å². The third kappa shape index (κ3) is 3.93. The van der Waals surface area contributed by atoms with E-state index in [4.69, 9.17) is 16.3 Å². The van der Waals surface area contributed by atoms with Gasteiger partial charge >= 0.3 is 0 Å². The van der Waals surface area contributed by atoms with Crippen LogP contribution in [0, 0.1) is 5.82 Å². The summed E-state index contributed by atoms with van der Waals surface area (Å²) in [5, 5.41) is 2.90. The Kier molecular flexibility index (Phi) is 4.30. The molecule has 2 aromatic rings. The molecule has 0 fully saturated rings. The number of nitrogens with zero attached hydrogens (tertiary/aromatic N) is 1. The van der Waals surface area contributed by atoms with Crippen molar-refractivity contribution < 1.29 is 13.9 Å². The van der Waals surface area contributed by atoms with E-state index in [-0.39, 0.29) is 12.4 Å². The molecule has 0 saturated heterocycles. The van der Waals surface area contributed by atoms with Crippen LogP contribution in [0.1, 0.15) is 0 Å². The smallest absolute Gasteiger partial charge is 0.263 e. The molecule has 1 N–H and O–H groups in total. The summed E-state index contributed by atoms with van der Waals surface area (Å²) in [5.74, 6) is -0.190. The average Bonchev–Trinajstić information content (AvgIpc) is 2.40. The highest BCUT2D eigenvalue weighted by atomic mass is 35.5. The molecule has 1 aromatic heterocycles. The molecule has 0 unspecified atom stereocenters. The van der Waals surface area contributed by atoms with Crippen molar-refractivity contribution in [3.05, 3.63) is 53.4 Å². The molecule has 19 heavy (non-hydrogen) atoms. The molecule has 1 amide bonds. The molecule has 0 bridgehead atoms. The van der Waals surface area contributed by atoms with E-state index in [1.807, 2.05) is 0 Å². The zero-order valence-electron chi connectivity index (χ0n) is 9.77. The van der Waals surface area contributed by atoms with E-state index in [0.29, 0.717) is 10.8 Å². The fraction of sp³-hybridized carbons (Fsp3) is 0.0769. The van der Waals surface area contributed by atoms with Gasteiger partial charge in [0.1, 0.15) is 17.4 Å². The van der Waals surface area contributed by atoms with Crippen LogP contribution in [0.25, 0.3) is 0 Å². The van der Waals surface area contributed by atoms with Gasteiger partial charge in [-0.15, -0.1) is 0 Å². The molecule has 0 aliphatic heterocycles. The number of ether oxygens (including phenoxy) is 1. The van der Waals surface area contributed by atoms with Crippen molar-refractivity contribution in [2.45, 2.75) is 0 Å². The Morgan fingerprint density at radius 3 is 2.79 bits per heavy atom. The Labute approximate surface area is 114 Å². The summed E-state index contributed by atoms with van der Waals surface area (Å²) in [6, 6.07) is 9.40. The first-order valence-electron chi connectivity index (χ1n) is 5.44. The minimum Gasteiger partial charge on any atom is -0.482 e. The molecule has 6 heteroatoms. The van der Waals surface area contributed by atoms with Crippen LogP contribution in [0.4, 0.5) is 10.2 Å². The molecule has 4 nitrogen and oxygen atoms in total. The summed E-state index contributed by atoms with van der Waals surface area (Å²) < 4.78 is 17.9. The van der Waals surface area contributed by atoms with Gasteiger partial charge in [-0.25, -0.2) is 9.37 Å². The second-order valence-electron chi connectivity index (χ2n) is 3.63. The van der Waals surface area contributed by atoms with Gasteiger partial charge in [-0.05, 0) is 24.3 Å². The number of carbonyl (C=O) groups excluding carboxylic acids is 1. The lowest BCUT2D eigenvalue weighted by atomic mass is 10.3. The van der Waals surface area contributed by atoms with Gasteiger partial charge in [0, 0.05) is 0 Å². The Balaban J connectivity index is 1.88. The summed E-state index contributed by atoms with van der Waals surface area (Å²) in [7, 11) is 0. The van der Waals surface area contributed by atoms with Gasteiger partial charge in [-0.2, -0.15) is 0 Å². The zero-order valence-corrected chi connectivity index (χ0v) is 10.5. The number of pyridine rings is 1.